The van der Waals surface area contributed by atoms with Crippen molar-refractivity contribution in [2.45, 2.75) is 27.2 Å². The smallest absolute Gasteiger partial charge is 0.0590 e. The average molecular weight is 202 g/mol. The van der Waals surface area contributed by atoms with Crippen LogP contribution in [0.25, 0.3) is 0 Å². The monoisotopic (exact) mass is 202 g/mol. The van der Waals surface area contributed by atoms with Gasteiger partial charge >= 0.3 is 0 Å². The highest BCUT2D eigenvalue weighted by atomic mass is 16.5. The Hall–Kier alpha value is -0.120. The van der Waals surface area contributed by atoms with Crippen molar-refractivity contribution < 1.29 is 4.74 Å². The number of hydrogen-bond acceptors (Lipinski definition) is 3. The number of nitrogens with one attached hydrogen (secondary N) is 2. The maximum absolute atomic E-state index is 5.34. The number of rotatable bonds is 10. The molecule has 0 aliphatic rings. The fraction of sp³-hybridized carbons (Fsp3) is 1.00. The summed E-state index contributed by atoms with van der Waals surface area (Å²) in [6, 6.07) is 0. The van der Waals surface area contributed by atoms with Crippen LogP contribution < -0.4 is 10.6 Å². The zero-order valence-corrected chi connectivity index (χ0v) is 9.94. The number of ether oxygens (including phenoxy) is 1. The molecule has 0 unspecified atom stereocenters. The first-order valence-electron chi connectivity index (χ1n) is 5.76. The van der Waals surface area contributed by atoms with Gasteiger partial charge in [-0.25, -0.2) is 0 Å². The van der Waals surface area contributed by atoms with E-state index in [9.17, 15) is 0 Å². The summed E-state index contributed by atoms with van der Waals surface area (Å²) in [5.41, 5.74) is 0. The normalized spacial score (nSPS) is 11.1. The lowest BCUT2D eigenvalue weighted by molar-refractivity contribution is 0.136. The Morgan fingerprint density at radius 3 is 2.36 bits per heavy atom. The standard InChI is InChI=1S/C11H26N2O/c1-4-8-14-9-7-12-5-6-13-10-11(2)3/h11-13H,4-10H2,1-3H3. The molecule has 0 saturated carbocycles. The number of hydrogen-bond donors (Lipinski definition) is 2. The molecule has 0 heterocycles. The van der Waals surface area contributed by atoms with Gasteiger partial charge in [0.25, 0.3) is 0 Å². The van der Waals surface area contributed by atoms with Crippen LogP contribution in [0.1, 0.15) is 27.2 Å². The van der Waals surface area contributed by atoms with E-state index in [0.717, 1.165) is 51.7 Å². The van der Waals surface area contributed by atoms with Crippen molar-refractivity contribution in [2.75, 3.05) is 39.4 Å². The van der Waals surface area contributed by atoms with Gasteiger partial charge in [-0.05, 0) is 18.9 Å². The van der Waals surface area contributed by atoms with E-state index in [-0.39, 0.29) is 0 Å². The third kappa shape index (κ3) is 11.9. The van der Waals surface area contributed by atoms with Gasteiger partial charge in [-0.3, -0.25) is 0 Å². The van der Waals surface area contributed by atoms with Gasteiger partial charge in [0.15, 0.2) is 0 Å². The Morgan fingerprint density at radius 2 is 1.71 bits per heavy atom. The minimum atomic E-state index is 0.739. The van der Waals surface area contributed by atoms with Crippen molar-refractivity contribution in [1.29, 1.82) is 0 Å². The van der Waals surface area contributed by atoms with Gasteiger partial charge in [0, 0.05) is 26.2 Å². The molecule has 0 spiro atoms. The molecule has 0 radical (unpaired) electrons. The molecule has 2 N–H and O–H groups in total. The summed E-state index contributed by atoms with van der Waals surface area (Å²) >= 11 is 0. The van der Waals surface area contributed by atoms with E-state index in [1.807, 2.05) is 0 Å². The third-order valence-electron chi connectivity index (χ3n) is 1.80. The lowest BCUT2D eigenvalue weighted by atomic mass is 10.2. The Bertz CT molecular complexity index is 107. The minimum absolute atomic E-state index is 0.739. The van der Waals surface area contributed by atoms with Crippen LogP contribution in [0.5, 0.6) is 0 Å². The van der Waals surface area contributed by atoms with Crippen LogP contribution in [0, 0.1) is 5.92 Å². The molecule has 0 atom stereocenters. The molecule has 86 valence electrons. The Kier molecular flexibility index (Phi) is 10.9. The van der Waals surface area contributed by atoms with Gasteiger partial charge in [-0.2, -0.15) is 0 Å². The molecule has 0 amide bonds. The Morgan fingerprint density at radius 1 is 1.00 bits per heavy atom. The quantitative estimate of drug-likeness (QED) is 0.523. The summed E-state index contributed by atoms with van der Waals surface area (Å²) in [5, 5.41) is 6.71. The molecule has 14 heavy (non-hydrogen) atoms. The topological polar surface area (TPSA) is 33.3 Å². The van der Waals surface area contributed by atoms with E-state index < -0.39 is 0 Å². The predicted octanol–water partition coefficient (Wildman–Crippen LogP) is 1.25. The van der Waals surface area contributed by atoms with Crippen LogP contribution in [-0.4, -0.2) is 39.4 Å². The molecule has 0 fully saturated rings. The Labute approximate surface area is 88.6 Å². The lowest BCUT2D eigenvalue weighted by Gasteiger charge is -2.08. The molecular weight excluding hydrogens is 176 g/mol. The summed E-state index contributed by atoms with van der Waals surface area (Å²) < 4.78 is 5.34. The van der Waals surface area contributed by atoms with Gasteiger partial charge in [-0.1, -0.05) is 20.8 Å². The molecule has 0 aromatic rings. The molecule has 0 rings (SSSR count). The maximum atomic E-state index is 5.34. The molecule has 3 nitrogen and oxygen atoms in total. The van der Waals surface area contributed by atoms with Crippen molar-refractivity contribution in [3.05, 3.63) is 0 Å². The highest BCUT2D eigenvalue weighted by Gasteiger charge is 1.92. The summed E-state index contributed by atoms with van der Waals surface area (Å²) in [4.78, 5) is 0. The summed E-state index contributed by atoms with van der Waals surface area (Å²) in [5.74, 6) is 0.739. The molecule has 0 aromatic carbocycles. The van der Waals surface area contributed by atoms with E-state index in [1.165, 1.54) is 0 Å². The second-order valence-corrected chi connectivity index (χ2v) is 3.96. The van der Waals surface area contributed by atoms with Crippen LogP contribution in [0.15, 0.2) is 0 Å². The van der Waals surface area contributed by atoms with E-state index >= 15 is 0 Å². The van der Waals surface area contributed by atoms with E-state index in [2.05, 4.69) is 31.4 Å². The van der Waals surface area contributed by atoms with E-state index in [0.29, 0.717) is 0 Å². The van der Waals surface area contributed by atoms with Crippen molar-refractivity contribution in [3.63, 3.8) is 0 Å². The zero-order chi connectivity index (χ0) is 10.6. The van der Waals surface area contributed by atoms with E-state index in [1.54, 1.807) is 0 Å². The first kappa shape index (κ1) is 13.9. The van der Waals surface area contributed by atoms with Crippen LogP contribution >= 0.6 is 0 Å². The second-order valence-electron chi connectivity index (χ2n) is 3.96. The third-order valence-corrected chi connectivity index (χ3v) is 1.80. The van der Waals surface area contributed by atoms with Gasteiger partial charge in [0.05, 0.1) is 6.61 Å². The molecule has 0 aliphatic heterocycles. The van der Waals surface area contributed by atoms with Gasteiger partial charge in [0.1, 0.15) is 0 Å². The second kappa shape index (κ2) is 11.0. The highest BCUT2D eigenvalue weighted by molar-refractivity contribution is 4.53. The van der Waals surface area contributed by atoms with Crippen LogP contribution in [0.3, 0.4) is 0 Å². The first-order chi connectivity index (χ1) is 6.77. The lowest BCUT2D eigenvalue weighted by Crippen LogP contribution is -2.31. The Balaban J connectivity index is 2.85. The van der Waals surface area contributed by atoms with Crippen molar-refractivity contribution in [2.24, 2.45) is 5.92 Å². The maximum Gasteiger partial charge on any atom is 0.0590 e. The van der Waals surface area contributed by atoms with Gasteiger partial charge in [0.2, 0.25) is 0 Å². The predicted molar refractivity (Wildman–Crippen MR) is 61.7 cm³/mol. The molecule has 0 aromatic heterocycles. The van der Waals surface area contributed by atoms with Gasteiger partial charge in [-0.15, -0.1) is 0 Å². The fourth-order valence-corrected chi connectivity index (χ4v) is 1.08. The average Bonchev–Trinajstić information content (AvgIpc) is 2.15. The molecule has 0 bridgehead atoms. The molecule has 0 saturated heterocycles. The summed E-state index contributed by atoms with van der Waals surface area (Å²) in [6.45, 7) is 12.4. The highest BCUT2D eigenvalue weighted by Crippen LogP contribution is 1.85. The fourth-order valence-electron chi connectivity index (χ4n) is 1.08. The molecular formula is C11H26N2O. The van der Waals surface area contributed by atoms with Crippen LogP contribution in [0.4, 0.5) is 0 Å². The SMILES string of the molecule is CCCOCCNCCNCC(C)C. The van der Waals surface area contributed by atoms with Crippen LogP contribution in [0.2, 0.25) is 0 Å². The van der Waals surface area contributed by atoms with Crippen molar-refractivity contribution in [1.82, 2.24) is 10.6 Å². The first-order valence-corrected chi connectivity index (χ1v) is 5.76. The largest absolute Gasteiger partial charge is 0.380 e. The summed E-state index contributed by atoms with van der Waals surface area (Å²) in [6.07, 6.45) is 1.11. The molecule has 3 heteroatoms. The molecule has 0 aliphatic carbocycles. The summed E-state index contributed by atoms with van der Waals surface area (Å²) in [7, 11) is 0. The van der Waals surface area contributed by atoms with Gasteiger partial charge < -0.3 is 15.4 Å². The van der Waals surface area contributed by atoms with Crippen molar-refractivity contribution in [3.8, 4) is 0 Å². The zero-order valence-electron chi connectivity index (χ0n) is 9.94. The van der Waals surface area contributed by atoms with Crippen molar-refractivity contribution >= 4 is 0 Å². The minimum Gasteiger partial charge on any atom is -0.380 e. The van der Waals surface area contributed by atoms with Crippen LogP contribution in [-0.2, 0) is 4.74 Å². The van der Waals surface area contributed by atoms with E-state index in [4.69, 9.17) is 4.74 Å².